The standard InChI is InChI=1S/C15H27N3O/c1-11(2)14(3,4)10-18-13(19)12-5-7-15(17,9-16)8-6-12/h11-12H,5-8,10,17H2,1-4H3,(H,18,19). The summed E-state index contributed by atoms with van der Waals surface area (Å²) in [6, 6.07) is 2.16. The molecule has 0 saturated heterocycles. The number of nitrogens with zero attached hydrogens (tertiary/aromatic N) is 1. The Bertz CT molecular complexity index is 360. The Kier molecular flexibility index (Phi) is 4.98. The van der Waals surface area contributed by atoms with Crippen molar-refractivity contribution in [1.82, 2.24) is 5.32 Å². The summed E-state index contributed by atoms with van der Waals surface area (Å²) in [6.07, 6.45) is 2.68. The topological polar surface area (TPSA) is 78.9 Å². The molecule has 1 amide bonds. The molecule has 1 fully saturated rings. The number of hydrogen-bond donors (Lipinski definition) is 2. The number of carbonyl (C=O) groups is 1. The first-order chi connectivity index (χ1) is 8.70. The predicted octanol–water partition coefficient (Wildman–Crippen LogP) is 2.20. The zero-order valence-corrected chi connectivity index (χ0v) is 12.6. The summed E-state index contributed by atoms with van der Waals surface area (Å²) < 4.78 is 0. The average molecular weight is 265 g/mol. The van der Waals surface area contributed by atoms with Gasteiger partial charge in [0, 0.05) is 12.5 Å². The Labute approximate surface area is 116 Å². The zero-order valence-electron chi connectivity index (χ0n) is 12.6. The van der Waals surface area contributed by atoms with Crippen molar-refractivity contribution in [2.75, 3.05) is 6.54 Å². The molecule has 3 N–H and O–H groups in total. The van der Waals surface area contributed by atoms with Crippen molar-refractivity contribution in [3.05, 3.63) is 0 Å². The normalized spacial score (nSPS) is 27.9. The van der Waals surface area contributed by atoms with E-state index in [-0.39, 0.29) is 17.2 Å². The van der Waals surface area contributed by atoms with Gasteiger partial charge in [0.25, 0.3) is 0 Å². The Morgan fingerprint density at radius 3 is 2.42 bits per heavy atom. The van der Waals surface area contributed by atoms with Gasteiger partial charge in [-0.1, -0.05) is 27.7 Å². The molecule has 0 radical (unpaired) electrons. The van der Waals surface area contributed by atoms with E-state index in [1.54, 1.807) is 0 Å². The van der Waals surface area contributed by atoms with E-state index in [4.69, 9.17) is 11.0 Å². The number of hydrogen-bond acceptors (Lipinski definition) is 3. The van der Waals surface area contributed by atoms with Crippen LogP contribution in [0.2, 0.25) is 0 Å². The largest absolute Gasteiger partial charge is 0.355 e. The molecule has 108 valence electrons. The molecule has 0 aromatic heterocycles. The third kappa shape index (κ3) is 4.21. The van der Waals surface area contributed by atoms with Gasteiger partial charge in [0.05, 0.1) is 6.07 Å². The minimum Gasteiger partial charge on any atom is -0.355 e. The van der Waals surface area contributed by atoms with E-state index in [9.17, 15) is 4.79 Å². The minimum absolute atomic E-state index is 0.0213. The van der Waals surface area contributed by atoms with Gasteiger partial charge in [-0.15, -0.1) is 0 Å². The van der Waals surface area contributed by atoms with Crippen molar-refractivity contribution in [3.63, 3.8) is 0 Å². The van der Waals surface area contributed by atoms with E-state index in [1.165, 1.54) is 0 Å². The number of carbonyl (C=O) groups excluding carboxylic acids is 1. The number of amides is 1. The molecular formula is C15H27N3O. The van der Waals surface area contributed by atoms with Crippen LogP contribution in [0.15, 0.2) is 0 Å². The summed E-state index contributed by atoms with van der Waals surface area (Å²) >= 11 is 0. The van der Waals surface area contributed by atoms with Crippen LogP contribution in [0, 0.1) is 28.6 Å². The first-order valence-corrected chi connectivity index (χ1v) is 7.18. The van der Waals surface area contributed by atoms with Crippen LogP contribution < -0.4 is 11.1 Å². The van der Waals surface area contributed by atoms with Crippen molar-refractivity contribution < 1.29 is 4.79 Å². The quantitative estimate of drug-likeness (QED) is 0.818. The summed E-state index contributed by atoms with van der Waals surface area (Å²) in [4.78, 5) is 12.1. The fourth-order valence-corrected chi connectivity index (χ4v) is 2.17. The molecule has 0 aromatic rings. The van der Waals surface area contributed by atoms with Crippen LogP contribution in [0.5, 0.6) is 0 Å². The van der Waals surface area contributed by atoms with Crippen LogP contribution in [0.3, 0.4) is 0 Å². The van der Waals surface area contributed by atoms with Crippen molar-refractivity contribution in [2.45, 2.75) is 58.9 Å². The van der Waals surface area contributed by atoms with Crippen molar-refractivity contribution in [1.29, 1.82) is 5.26 Å². The highest BCUT2D eigenvalue weighted by atomic mass is 16.1. The van der Waals surface area contributed by atoms with E-state index >= 15 is 0 Å². The molecule has 0 spiro atoms. The highest BCUT2D eigenvalue weighted by Gasteiger charge is 2.35. The maximum Gasteiger partial charge on any atom is 0.223 e. The maximum absolute atomic E-state index is 12.1. The molecule has 1 rings (SSSR count). The van der Waals surface area contributed by atoms with E-state index in [0.717, 1.165) is 12.8 Å². The van der Waals surface area contributed by atoms with Gasteiger partial charge in [-0.25, -0.2) is 0 Å². The fourth-order valence-electron chi connectivity index (χ4n) is 2.17. The third-order valence-corrected chi connectivity index (χ3v) is 4.75. The molecule has 0 aliphatic heterocycles. The van der Waals surface area contributed by atoms with Crippen molar-refractivity contribution >= 4 is 5.91 Å². The molecule has 0 heterocycles. The van der Waals surface area contributed by atoms with Gasteiger partial charge in [0.1, 0.15) is 5.54 Å². The summed E-state index contributed by atoms with van der Waals surface area (Å²) in [5.41, 5.74) is 5.30. The Balaban J connectivity index is 2.43. The summed E-state index contributed by atoms with van der Waals surface area (Å²) in [5.74, 6) is 0.663. The Morgan fingerprint density at radius 2 is 2.00 bits per heavy atom. The first-order valence-electron chi connectivity index (χ1n) is 7.18. The van der Waals surface area contributed by atoms with Crippen LogP contribution >= 0.6 is 0 Å². The summed E-state index contributed by atoms with van der Waals surface area (Å²) in [6.45, 7) is 9.37. The first kappa shape index (κ1) is 16.0. The lowest BCUT2D eigenvalue weighted by Crippen LogP contribution is -2.46. The molecule has 0 bridgehead atoms. The minimum atomic E-state index is -0.714. The molecule has 1 aliphatic rings. The number of nitrogens with two attached hydrogens (primary N) is 1. The molecule has 4 heteroatoms. The van der Waals surface area contributed by atoms with Crippen LogP contribution in [-0.2, 0) is 4.79 Å². The molecule has 0 aromatic carbocycles. The van der Waals surface area contributed by atoms with Gasteiger partial charge in [0.15, 0.2) is 0 Å². The van der Waals surface area contributed by atoms with Gasteiger partial charge in [0.2, 0.25) is 5.91 Å². The zero-order chi connectivity index (χ0) is 14.7. The third-order valence-electron chi connectivity index (χ3n) is 4.75. The number of rotatable bonds is 4. The highest BCUT2D eigenvalue weighted by Crippen LogP contribution is 2.30. The van der Waals surface area contributed by atoms with E-state index in [0.29, 0.717) is 25.3 Å². The smallest absolute Gasteiger partial charge is 0.223 e. The summed E-state index contributed by atoms with van der Waals surface area (Å²) in [5, 5.41) is 12.0. The molecule has 1 aliphatic carbocycles. The van der Waals surface area contributed by atoms with Crippen molar-refractivity contribution in [3.8, 4) is 6.07 Å². The SMILES string of the molecule is CC(C)C(C)(C)CNC(=O)C1CCC(N)(C#N)CC1. The second-order valence-corrected chi connectivity index (χ2v) is 6.90. The monoisotopic (exact) mass is 265 g/mol. The van der Waals surface area contributed by atoms with Crippen LogP contribution in [0.1, 0.15) is 53.4 Å². The van der Waals surface area contributed by atoms with Crippen LogP contribution in [-0.4, -0.2) is 18.0 Å². The molecule has 0 unspecified atom stereocenters. The van der Waals surface area contributed by atoms with Crippen molar-refractivity contribution in [2.24, 2.45) is 23.0 Å². The van der Waals surface area contributed by atoms with E-state index < -0.39 is 5.54 Å². The lowest BCUT2D eigenvalue weighted by Gasteiger charge is -2.33. The molecule has 0 atom stereocenters. The second-order valence-electron chi connectivity index (χ2n) is 6.90. The average Bonchev–Trinajstić information content (AvgIpc) is 2.37. The van der Waals surface area contributed by atoms with Gasteiger partial charge < -0.3 is 11.1 Å². The van der Waals surface area contributed by atoms with Crippen LogP contribution in [0.4, 0.5) is 0 Å². The predicted molar refractivity (Wildman–Crippen MR) is 76.1 cm³/mol. The molecular weight excluding hydrogens is 238 g/mol. The number of nitriles is 1. The van der Waals surface area contributed by atoms with Gasteiger partial charge in [-0.05, 0) is 37.0 Å². The number of nitrogens with one attached hydrogen (secondary N) is 1. The molecule has 1 saturated carbocycles. The fraction of sp³-hybridized carbons (Fsp3) is 0.867. The van der Waals surface area contributed by atoms with Crippen LogP contribution in [0.25, 0.3) is 0 Å². The highest BCUT2D eigenvalue weighted by molar-refractivity contribution is 5.78. The van der Waals surface area contributed by atoms with Gasteiger partial charge >= 0.3 is 0 Å². The lowest BCUT2D eigenvalue weighted by atomic mass is 9.77. The molecule has 19 heavy (non-hydrogen) atoms. The Hall–Kier alpha value is -1.08. The molecule has 4 nitrogen and oxygen atoms in total. The maximum atomic E-state index is 12.1. The van der Waals surface area contributed by atoms with E-state index in [2.05, 4.69) is 39.1 Å². The Morgan fingerprint density at radius 1 is 1.47 bits per heavy atom. The van der Waals surface area contributed by atoms with Gasteiger partial charge in [-0.3, -0.25) is 4.79 Å². The second kappa shape index (κ2) is 5.92. The van der Waals surface area contributed by atoms with Gasteiger partial charge in [-0.2, -0.15) is 5.26 Å². The summed E-state index contributed by atoms with van der Waals surface area (Å²) in [7, 11) is 0. The lowest BCUT2D eigenvalue weighted by molar-refractivity contribution is -0.126. The van der Waals surface area contributed by atoms with E-state index in [1.807, 2.05) is 0 Å².